The van der Waals surface area contributed by atoms with Gasteiger partial charge in [0.2, 0.25) is 5.95 Å². The Labute approximate surface area is 264 Å². The molecule has 10 nitrogen and oxygen atoms in total. The SMILES string of the molecule is Cc1ccc(S(=O)(=O)OCCc2ccc(Nc3ncc(C#N)c(-c4ccc(C(C)(C)NC(=O)OC(C)(C)C)cc4)n3)cc2)cc1. The maximum absolute atomic E-state index is 12.4. The summed E-state index contributed by atoms with van der Waals surface area (Å²) in [5.41, 5.74) is 3.60. The van der Waals surface area contributed by atoms with Crippen molar-refractivity contribution in [1.82, 2.24) is 15.3 Å². The molecule has 0 saturated heterocycles. The number of alkyl carbamates (subject to hydrolysis) is 1. The van der Waals surface area contributed by atoms with Crippen molar-refractivity contribution in [3.63, 3.8) is 0 Å². The first-order valence-corrected chi connectivity index (χ1v) is 15.8. The number of amides is 1. The summed E-state index contributed by atoms with van der Waals surface area (Å²) < 4.78 is 35.4. The van der Waals surface area contributed by atoms with Crippen molar-refractivity contribution in [3.05, 3.63) is 101 Å². The standard InChI is InChI=1S/C34H37N5O5S/c1-23-7-17-29(18-8-23)45(41,42)43-20-19-24-9-15-28(16-10-24)37-31-36-22-26(21-35)30(38-31)25-11-13-27(14-12-25)34(5,6)39-32(40)44-33(2,3)4/h7-18,22H,19-20H2,1-6H3,(H,39,40)(H,36,37,38). The van der Waals surface area contributed by atoms with Gasteiger partial charge in [0.1, 0.15) is 11.7 Å². The summed E-state index contributed by atoms with van der Waals surface area (Å²) in [6.07, 6.45) is 1.36. The maximum atomic E-state index is 12.4. The Balaban J connectivity index is 1.41. The monoisotopic (exact) mass is 627 g/mol. The number of aromatic nitrogens is 2. The number of carbonyl (C=O) groups excluding carboxylic acids is 1. The maximum Gasteiger partial charge on any atom is 0.408 e. The number of aryl methyl sites for hydroxylation is 1. The van der Waals surface area contributed by atoms with E-state index in [2.05, 4.69) is 26.7 Å². The highest BCUT2D eigenvalue weighted by molar-refractivity contribution is 7.86. The first-order valence-electron chi connectivity index (χ1n) is 14.4. The van der Waals surface area contributed by atoms with Gasteiger partial charge in [-0.1, -0.05) is 54.1 Å². The number of nitrogens with zero attached hydrogens (tertiary/aromatic N) is 3. The van der Waals surface area contributed by atoms with Crippen LogP contribution in [-0.4, -0.2) is 36.7 Å². The van der Waals surface area contributed by atoms with E-state index in [-0.39, 0.29) is 11.5 Å². The van der Waals surface area contributed by atoms with Gasteiger partial charge in [0.15, 0.2) is 0 Å². The first-order chi connectivity index (χ1) is 21.1. The minimum Gasteiger partial charge on any atom is -0.444 e. The van der Waals surface area contributed by atoms with Crippen LogP contribution in [0.15, 0.2) is 83.9 Å². The lowest BCUT2D eigenvalue weighted by Gasteiger charge is -2.29. The third-order valence-corrected chi connectivity index (χ3v) is 8.08. The Morgan fingerprint density at radius 2 is 1.58 bits per heavy atom. The van der Waals surface area contributed by atoms with Gasteiger partial charge in [-0.25, -0.2) is 14.8 Å². The van der Waals surface area contributed by atoms with Gasteiger partial charge in [-0.3, -0.25) is 4.18 Å². The highest BCUT2D eigenvalue weighted by Crippen LogP contribution is 2.27. The van der Waals surface area contributed by atoms with E-state index < -0.39 is 27.4 Å². The van der Waals surface area contributed by atoms with Gasteiger partial charge in [-0.2, -0.15) is 13.7 Å². The molecule has 0 radical (unpaired) electrons. The fraction of sp³-hybridized carbons (Fsp3) is 0.294. The largest absolute Gasteiger partial charge is 0.444 e. The van der Waals surface area contributed by atoms with Gasteiger partial charge in [0.05, 0.1) is 34.5 Å². The van der Waals surface area contributed by atoms with Crippen LogP contribution in [0.25, 0.3) is 11.3 Å². The summed E-state index contributed by atoms with van der Waals surface area (Å²) in [6, 6.07) is 23.5. The molecule has 0 aliphatic heterocycles. The Bertz CT molecular complexity index is 1790. The second-order valence-electron chi connectivity index (χ2n) is 12.1. The van der Waals surface area contributed by atoms with Crippen LogP contribution in [0.1, 0.15) is 56.9 Å². The third-order valence-electron chi connectivity index (χ3n) is 6.75. The average Bonchev–Trinajstić information content (AvgIpc) is 2.97. The van der Waals surface area contributed by atoms with Crippen LogP contribution in [-0.2, 0) is 31.0 Å². The van der Waals surface area contributed by atoms with Crippen LogP contribution in [0.3, 0.4) is 0 Å². The molecular weight excluding hydrogens is 590 g/mol. The molecule has 2 N–H and O–H groups in total. The molecule has 3 aromatic carbocycles. The minimum atomic E-state index is -3.82. The number of nitriles is 1. The molecule has 0 fully saturated rings. The Hall–Kier alpha value is -4.79. The molecule has 1 amide bonds. The predicted octanol–water partition coefficient (Wildman–Crippen LogP) is 6.78. The van der Waals surface area contributed by atoms with Crippen LogP contribution in [0.5, 0.6) is 0 Å². The molecule has 1 heterocycles. The molecule has 1 aromatic heterocycles. The lowest BCUT2D eigenvalue weighted by atomic mass is 9.93. The molecule has 11 heteroatoms. The van der Waals surface area contributed by atoms with Gasteiger partial charge in [0.25, 0.3) is 10.1 Å². The van der Waals surface area contributed by atoms with Crippen LogP contribution >= 0.6 is 0 Å². The van der Waals surface area contributed by atoms with E-state index in [0.717, 1.165) is 16.7 Å². The van der Waals surface area contributed by atoms with E-state index in [1.807, 2.05) is 90.1 Å². The molecule has 0 unspecified atom stereocenters. The number of carbonyl (C=O) groups is 1. The minimum absolute atomic E-state index is 0.0120. The lowest BCUT2D eigenvalue weighted by molar-refractivity contribution is 0.0470. The van der Waals surface area contributed by atoms with E-state index in [9.17, 15) is 18.5 Å². The van der Waals surface area contributed by atoms with Crippen molar-refractivity contribution >= 4 is 27.8 Å². The van der Waals surface area contributed by atoms with E-state index >= 15 is 0 Å². The Kier molecular flexibility index (Phi) is 9.91. The highest BCUT2D eigenvalue weighted by Gasteiger charge is 2.26. The molecule has 4 aromatic rings. The molecule has 0 aliphatic rings. The fourth-order valence-corrected chi connectivity index (χ4v) is 5.25. The molecule has 45 heavy (non-hydrogen) atoms. The average molecular weight is 628 g/mol. The van der Waals surface area contributed by atoms with Crippen LogP contribution in [0.2, 0.25) is 0 Å². The molecule has 0 aliphatic carbocycles. The van der Waals surface area contributed by atoms with Crippen molar-refractivity contribution in [2.45, 2.75) is 64.0 Å². The van der Waals surface area contributed by atoms with Gasteiger partial charge >= 0.3 is 6.09 Å². The predicted molar refractivity (Wildman–Crippen MR) is 172 cm³/mol. The van der Waals surface area contributed by atoms with Crippen molar-refractivity contribution in [2.24, 2.45) is 0 Å². The summed E-state index contributed by atoms with van der Waals surface area (Å²) in [5, 5.41) is 15.8. The summed E-state index contributed by atoms with van der Waals surface area (Å²) in [6.45, 7) is 11.1. The van der Waals surface area contributed by atoms with Gasteiger partial charge in [-0.15, -0.1) is 0 Å². The second-order valence-corrected chi connectivity index (χ2v) is 13.7. The van der Waals surface area contributed by atoms with Gasteiger partial charge < -0.3 is 15.4 Å². The lowest BCUT2D eigenvalue weighted by Crippen LogP contribution is -2.43. The van der Waals surface area contributed by atoms with E-state index in [0.29, 0.717) is 34.9 Å². The molecule has 4 rings (SSSR count). The summed E-state index contributed by atoms with van der Waals surface area (Å²) >= 11 is 0. The zero-order chi connectivity index (χ0) is 32.8. The topological polar surface area (TPSA) is 143 Å². The van der Waals surface area contributed by atoms with Crippen molar-refractivity contribution in [2.75, 3.05) is 11.9 Å². The molecule has 0 saturated carbocycles. The first kappa shape index (κ1) is 33.1. The molecule has 0 spiro atoms. The van der Waals surface area contributed by atoms with Gasteiger partial charge in [0, 0.05) is 11.3 Å². The number of nitrogens with one attached hydrogen (secondary N) is 2. The smallest absolute Gasteiger partial charge is 0.408 e. The van der Waals surface area contributed by atoms with Crippen LogP contribution in [0.4, 0.5) is 16.4 Å². The quantitative estimate of drug-likeness (QED) is 0.182. The normalized spacial score (nSPS) is 11.8. The van der Waals surface area contributed by atoms with E-state index in [1.54, 1.807) is 12.1 Å². The third kappa shape index (κ3) is 9.11. The van der Waals surface area contributed by atoms with Crippen molar-refractivity contribution in [1.29, 1.82) is 5.26 Å². The number of hydrogen-bond acceptors (Lipinski definition) is 9. The zero-order valence-electron chi connectivity index (χ0n) is 26.2. The zero-order valence-corrected chi connectivity index (χ0v) is 27.0. The van der Waals surface area contributed by atoms with E-state index in [4.69, 9.17) is 8.92 Å². The fourth-order valence-electron chi connectivity index (χ4n) is 4.35. The summed E-state index contributed by atoms with van der Waals surface area (Å²) in [5.74, 6) is 0.306. The molecule has 0 bridgehead atoms. The molecular formula is C34H37N5O5S. The Morgan fingerprint density at radius 3 is 2.18 bits per heavy atom. The number of ether oxygens (including phenoxy) is 1. The number of hydrogen-bond donors (Lipinski definition) is 2. The van der Waals surface area contributed by atoms with E-state index in [1.165, 1.54) is 18.3 Å². The summed E-state index contributed by atoms with van der Waals surface area (Å²) in [7, 11) is -3.82. The summed E-state index contributed by atoms with van der Waals surface area (Å²) in [4.78, 5) is 21.4. The molecule has 234 valence electrons. The number of rotatable bonds is 10. The second kappa shape index (κ2) is 13.5. The highest BCUT2D eigenvalue weighted by atomic mass is 32.2. The van der Waals surface area contributed by atoms with Crippen molar-refractivity contribution < 1.29 is 22.1 Å². The van der Waals surface area contributed by atoms with Crippen LogP contribution in [0, 0.1) is 18.3 Å². The van der Waals surface area contributed by atoms with Crippen molar-refractivity contribution in [3.8, 4) is 17.3 Å². The Morgan fingerprint density at radius 1 is 0.933 bits per heavy atom. The number of benzene rings is 3. The van der Waals surface area contributed by atoms with Gasteiger partial charge in [-0.05, 0) is 83.4 Å². The van der Waals surface area contributed by atoms with Crippen LogP contribution < -0.4 is 10.6 Å². The number of anilines is 2. The molecule has 0 atom stereocenters.